The second kappa shape index (κ2) is 7.82. The van der Waals surface area contributed by atoms with Crippen molar-refractivity contribution in [3.8, 4) is 6.01 Å². The number of carbonyl (C=O) groups excluding carboxylic acids is 1. The molecule has 1 aromatic carbocycles. The first-order valence-electron chi connectivity index (χ1n) is 8.14. The van der Waals surface area contributed by atoms with Crippen LogP contribution in [-0.4, -0.2) is 45.7 Å². The number of ether oxygens (including phenoxy) is 1. The fourth-order valence-electron chi connectivity index (χ4n) is 2.71. The fourth-order valence-corrected chi connectivity index (χ4v) is 3.51. The number of hydrogen-bond acceptors (Lipinski definition) is 5. The molecule has 0 unspecified atom stereocenters. The lowest BCUT2D eigenvalue weighted by Gasteiger charge is -2.16. The van der Waals surface area contributed by atoms with Gasteiger partial charge in [0.05, 0.1) is 12.3 Å². The number of nitrogens with zero attached hydrogens (tertiary/aromatic N) is 3. The molecule has 1 fully saturated rings. The highest BCUT2D eigenvalue weighted by atomic mass is 32.2. The SMILES string of the molecule is Cc1cc(C)nc(O[C@H]2CCN(C(=O)CSc3ccc(F)cc3)C2)n1. The Kier molecular flexibility index (Phi) is 5.53. The zero-order valence-corrected chi connectivity index (χ0v) is 15.1. The van der Waals surface area contributed by atoms with Gasteiger partial charge >= 0.3 is 6.01 Å². The van der Waals surface area contributed by atoms with Crippen LogP contribution >= 0.6 is 11.8 Å². The van der Waals surface area contributed by atoms with E-state index in [4.69, 9.17) is 4.74 Å². The summed E-state index contributed by atoms with van der Waals surface area (Å²) < 4.78 is 18.7. The highest BCUT2D eigenvalue weighted by Crippen LogP contribution is 2.21. The Hall–Kier alpha value is -2.15. The smallest absolute Gasteiger partial charge is 0.317 e. The van der Waals surface area contributed by atoms with E-state index in [9.17, 15) is 9.18 Å². The lowest BCUT2D eigenvalue weighted by atomic mass is 10.3. The monoisotopic (exact) mass is 361 g/mol. The molecule has 7 heteroatoms. The summed E-state index contributed by atoms with van der Waals surface area (Å²) in [6.07, 6.45) is 0.685. The predicted molar refractivity (Wildman–Crippen MR) is 94.2 cm³/mol. The molecule has 0 bridgehead atoms. The summed E-state index contributed by atoms with van der Waals surface area (Å²) in [7, 11) is 0. The number of aromatic nitrogens is 2. The van der Waals surface area contributed by atoms with Gasteiger partial charge in [0.25, 0.3) is 0 Å². The predicted octanol–water partition coefficient (Wildman–Crippen LogP) is 3.00. The van der Waals surface area contributed by atoms with E-state index in [1.54, 1.807) is 17.0 Å². The minimum Gasteiger partial charge on any atom is -0.458 e. The van der Waals surface area contributed by atoms with Crippen LogP contribution in [0.15, 0.2) is 35.2 Å². The minimum atomic E-state index is -0.274. The number of carbonyl (C=O) groups is 1. The summed E-state index contributed by atoms with van der Waals surface area (Å²) in [6.45, 7) is 5.01. The van der Waals surface area contributed by atoms with Crippen molar-refractivity contribution in [2.75, 3.05) is 18.8 Å². The molecule has 5 nitrogen and oxygen atoms in total. The Labute approximate surface area is 150 Å². The van der Waals surface area contributed by atoms with Gasteiger partial charge in [0.2, 0.25) is 5.91 Å². The first-order chi connectivity index (χ1) is 12.0. The van der Waals surface area contributed by atoms with E-state index in [0.717, 1.165) is 22.7 Å². The van der Waals surface area contributed by atoms with Gasteiger partial charge in [-0.15, -0.1) is 11.8 Å². The van der Waals surface area contributed by atoms with Crippen LogP contribution in [0.2, 0.25) is 0 Å². The largest absolute Gasteiger partial charge is 0.458 e. The summed E-state index contributed by atoms with van der Waals surface area (Å²) >= 11 is 1.41. The Bertz CT molecular complexity index is 734. The lowest BCUT2D eigenvalue weighted by Crippen LogP contribution is -2.32. The molecule has 1 aliphatic rings. The van der Waals surface area contributed by atoms with Crippen molar-refractivity contribution in [3.05, 3.63) is 47.5 Å². The molecule has 3 rings (SSSR count). The van der Waals surface area contributed by atoms with Crippen LogP contribution in [-0.2, 0) is 4.79 Å². The fraction of sp³-hybridized carbons (Fsp3) is 0.389. The zero-order valence-electron chi connectivity index (χ0n) is 14.2. The third-order valence-electron chi connectivity index (χ3n) is 3.91. The summed E-state index contributed by atoms with van der Waals surface area (Å²) in [4.78, 5) is 23.6. The van der Waals surface area contributed by atoms with Crippen molar-refractivity contribution < 1.29 is 13.9 Å². The maximum Gasteiger partial charge on any atom is 0.317 e. The molecule has 2 heterocycles. The number of hydrogen-bond donors (Lipinski definition) is 0. The number of benzene rings is 1. The van der Waals surface area contributed by atoms with Gasteiger partial charge in [-0.25, -0.2) is 14.4 Å². The molecule has 25 heavy (non-hydrogen) atoms. The van der Waals surface area contributed by atoms with E-state index in [1.807, 2.05) is 19.9 Å². The average molecular weight is 361 g/mol. The van der Waals surface area contributed by atoms with Crippen LogP contribution in [0.25, 0.3) is 0 Å². The molecule has 0 N–H and O–H groups in total. The number of aryl methyl sites for hydroxylation is 2. The molecule has 132 valence electrons. The minimum absolute atomic E-state index is 0.0572. The number of rotatable bonds is 5. The average Bonchev–Trinajstić information content (AvgIpc) is 3.01. The van der Waals surface area contributed by atoms with Crippen LogP contribution < -0.4 is 4.74 Å². The van der Waals surface area contributed by atoms with Crippen LogP contribution in [0.4, 0.5) is 4.39 Å². The molecular weight excluding hydrogens is 341 g/mol. The summed E-state index contributed by atoms with van der Waals surface area (Å²) in [5.41, 5.74) is 1.73. The first-order valence-corrected chi connectivity index (χ1v) is 9.13. The molecule has 1 aliphatic heterocycles. The lowest BCUT2D eigenvalue weighted by molar-refractivity contribution is -0.127. The molecule has 0 aliphatic carbocycles. The van der Waals surface area contributed by atoms with E-state index in [1.165, 1.54) is 23.9 Å². The van der Waals surface area contributed by atoms with E-state index in [2.05, 4.69) is 9.97 Å². The maximum atomic E-state index is 12.9. The first kappa shape index (κ1) is 17.7. The number of likely N-dealkylation sites (tertiary alicyclic amines) is 1. The molecule has 2 aromatic rings. The molecule has 0 radical (unpaired) electrons. The maximum absolute atomic E-state index is 12.9. The van der Waals surface area contributed by atoms with Crippen molar-refractivity contribution in [3.63, 3.8) is 0 Å². The second-order valence-corrected chi connectivity index (χ2v) is 7.09. The second-order valence-electron chi connectivity index (χ2n) is 6.04. The molecule has 0 saturated carbocycles. The highest BCUT2D eigenvalue weighted by molar-refractivity contribution is 8.00. The third kappa shape index (κ3) is 4.92. The van der Waals surface area contributed by atoms with Gasteiger partial charge < -0.3 is 9.64 Å². The molecule has 1 saturated heterocycles. The van der Waals surface area contributed by atoms with E-state index >= 15 is 0 Å². The van der Waals surface area contributed by atoms with Gasteiger partial charge in [-0.3, -0.25) is 4.79 Å². The summed E-state index contributed by atoms with van der Waals surface area (Å²) in [5, 5.41) is 0. The van der Waals surface area contributed by atoms with Crippen molar-refractivity contribution in [2.24, 2.45) is 0 Å². The molecule has 0 spiro atoms. The Morgan fingerprint density at radius 2 is 1.96 bits per heavy atom. The van der Waals surface area contributed by atoms with E-state index in [-0.39, 0.29) is 17.8 Å². The van der Waals surface area contributed by atoms with Gasteiger partial charge in [0, 0.05) is 29.2 Å². The van der Waals surface area contributed by atoms with Gasteiger partial charge in [-0.05, 0) is 44.2 Å². The highest BCUT2D eigenvalue weighted by Gasteiger charge is 2.28. The normalized spacial score (nSPS) is 16.9. The van der Waals surface area contributed by atoms with Crippen molar-refractivity contribution in [2.45, 2.75) is 31.3 Å². The van der Waals surface area contributed by atoms with E-state index < -0.39 is 0 Å². The van der Waals surface area contributed by atoms with Crippen molar-refractivity contribution in [1.82, 2.24) is 14.9 Å². The Balaban J connectivity index is 1.49. The van der Waals surface area contributed by atoms with Crippen LogP contribution in [0.3, 0.4) is 0 Å². The molecular formula is C18H20FN3O2S. The van der Waals surface area contributed by atoms with Gasteiger partial charge in [-0.2, -0.15) is 0 Å². The molecule has 1 aromatic heterocycles. The van der Waals surface area contributed by atoms with Gasteiger partial charge in [0.1, 0.15) is 11.9 Å². The molecule has 1 atom stereocenters. The Morgan fingerprint density at radius 3 is 2.64 bits per heavy atom. The van der Waals surface area contributed by atoms with Gasteiger partial charge in [-0.1, -0.05) is 0 Å². The van der Waals surface area contributed by atoms with Gasteiger partial charge in [0.15, 0.2) is 0 Å². The van der Waals surface area contributed by atoms with Crippen molar-refractivity contribution in [1.29, 1.82) is 0 Å². The standard InChI is InChI=1S/C18H20FN3O2S/c1-12-9-13(2)21-18(20-12)24-15-7-8-22(10-15)17(23)11-25-16-5-3-14(19)4-6-16/h3-6,9,15H,7-8,10-11H2,1-2H3/t15-/m0/s1. The van der Waals surface area contributed by atoms with Crippen LogP contribution in [0.5, 0.6) is 6.01 Å². The molecule has 1 amide bonds. The van der Waals surface area contributed by atoms with E-state index in [0.29, 0.717) is 24.9 Å². The Morgan fingerprint density at radius 1 is 1.28 bits per heavy atom. The quantitative estimate of drug-likeness (QED) is 0.767. The summed E-state index contributed by atoms with van der Waals surface area (Å²) in [6, 6.07) is 8.43. The number of amides is 1. The van der Waals surface area contributed by atoms with Crippen LogP contribution in [0, 0.1) is 19.7 Å². The number of halogens is 1. The zero-order chi connectivity index (χ0) is 17.8. The van der Waals surface area contributed by atoms with Crippen molar-refractivity contribution >= 4 is 17.7 Å². The third-order valence-corrected chi connectivity index (χ3v) is 4.90. The summed E-state index contributed by atoms with van der Waals surface area (Å²) in [5.74, 6) is 0.115. The van der Waals surface area contributed by atoms with Crippen LogP contribution in [0.1, 0.15) is 17.8 Å². The topological polar surface area (TPSA) is 55.3 Å². The number of thioether (sulfide) groups is 1.